The van der Waals surface area contributed by atoms with Crippen LogP contribution in [0.2, 0.25) is 0 Å². The van der Waals surface area contributed by atoms with Crippen LogP contribution >= 0.6 is 0 Å². The molecule has 0 heterocycles. The molecular weight excluding hydrogens is 218 g/mol. The molecule has 0 aromatic heterocycles. The third kappa shape index (κ3) is 2.56. The lowest BCUT2D eigenvalue weighted by atomic mass is 9.85. The van der Waals surface area contributed by atoms with Crippen molar-refractivity contribution < 1.29 is 0 Å². The van der Waals surface area contributed by atoms with Crippen molar-refractivity contribution in [1.82, 2.24) is 5.32 Å². The summed E-state index contributed by atoms with van der Waals surface area (Å²) in [6.45, 7) is 6.90. The second kappa shape index (κ2) is 5.53. The Morgan fingerprint density at radius 3 is 2.17 bits per heavy atom. The van der Waals surface area contributed by atoms with Crippen molar-refractivity contribution >= 4 is 10.8 Å². The van der Waals surface area contributed by atoms with Crippen molar-refractivity contribution in [3.63, 3.8) is 0 Å². The highest BCUT2D eigenvalue weighted by Crippen LogP contribution is 2.29. The summed E-state index contributed by atoms with van der Waals surface area (Å²) in [4.78, 5) is 0. The van der Waals surface area contributed by atoms with Crippen molar-refractivity contribution in [2.24, 2.45) is 11.8 Å². The molecule has 0 aliphatic rings. The Bertz CT molecular complexity index is 516. The fourth-order valence-electron chi connectivity index (χ4n) is 2.52. The van der Waals surface area contributed by atoms with Crippen molar-refractivity contribution in [3.8, 4) is 0 Å². The third-order valence-corrected chi connectivity index (χ3v) is 4.02. The molecule has 0 spiro atoms. The van der Waals surface area contributed by atoms with Crippen LogP contribution in [-0.4, -0.2) is 7.05 Å². The van der Waals surface area contributed by atoms with Crippen molar-refractivity contribution in [1.29, 1.82) is 0 Å². The fraction of sp³-hybridized carbons (Fsp3) is 0.412. The van der Waals surface area contributed by atoms with E-state index in [1.54, 1.807) is 0 Å². The van der Waals surface area contributed by atoms with Crippen molar-refractivity contribution in [2.45, 2.75) is 26.8 Å². The first kappa shape index (κ1) is 13.1. The van der Waals surface area contributed by atoms with E-state index < -0.39 is 0 Å². The molecule has 18 heavy (non-hydrogen) atoms. The average molecular weight is 241 g/mol. The monoisotopic (exact) mass is 241 g/mol. The van der Waals surface area contributed by atoms with E-state index in [9.17, 15) is 0 Å². The summed E-state index contributed by atoms with van der Waals surface area (Å²) in [6.07, 6.45) is 0. The first-order valence-corrected chi connectivity index (χ1v) is 6.79. The molecule has 2 unspecified atom stereocenters. The molecular formula is C17H23N. The van der Waals surface area contributed by atoms with Gasteiger partial charge >= 0.3 is 0 Å². The predicted octanol–water partition coefficient (Wildman–Crippen LogP) is 4.39. The lowest BCUT2D eigenvalue weighted by Gasteiger charge is -2.27. The van der Waals surface area contributed by atoms with Crippen LogP contribution < -0.4 is 5.32 Å². The highest BCUT2D eigenvalue weighted by molar-refractivity contribution is 5.83. The molecule has 0 saturated carbocycles. The topological polar surface area (TPSA) is 12.0 Å². The molecule has 2 atom stereocenters. The molecule has 0 amide bonds. The van der Waals surface area contributed by atoms with E-state index in [0.29, 0.717) is 17.9 Å². The van der Waals surface area contributed by atoms with Crippen LogP contribution in [0.4, 0.5) is 0 Å². The minimum absolute atomic E-state index is 0.426. The fourth-order valence-corrected chi connectivity index (χ4v) is 2.52. The summed E-state index contributed by atoms with van der Waals surface area (Å²) in [7, 11) is 2.05. The van der Waals surface area contributed by atoms with Gasteiger partial charge in [-0.15, -0.1) is 0 Å². The molecule has 2 aromatic carbocycles. The Hall–Kier alpha value is -1.34. The summed E-state index contributed by atoms with van der Waals surface area (Å²) in [5.41, 5.74) is 1.39. The number of hydrogen-bond acceptors (Lipinski definition) is 1. The van der Waals surface area contributed by atoms with Crippen molar-refractivity contribution in [2.75, 3.05) is 7.05 Å². The Kier molecular flexibility index (Phi) is 4.03. The Morgan fingerprint density at radius 2 is 1.56 bits per heavy atom. The molecule has 2 aromatic rings. The van der Waals surface area contributed by atoms with Gasteiger partial charge in [-0.05, 0) is 41.3 Å². The van der Waals surface area contributed by atoms with E-state index in [1.165, 1.54) is 16.3 Å². The van der Waals surface area contributed by atoms with Crippen LogP contribution in [0.25, 0.3) is 10.8 Å². The Labute approximate surface area is 110 Å². The number of rotatable bonds is 4. The zero-order valence-electron chi connectivity index (χ0n) is 11.8. The molecule has 0 aliphatic carbocycles. The van der Waals surface area contributed by atoms with Gasteiger partial charge in [0.2, 0.25) is 0 Å². The Balaban J connectivity index is 2.39. The van der Waals surface area contributed by atoms with Gasteiger partial charge in [-0.3, -0.25) is 0 Å². The third-order valence-electron chi connectivity index (χ3n) is 4.02. The minimum atomic E-state index is 0.426. The van der Waals surface area contributed by atoms with Gasteiger partial charge in [-0.25, -0.2) is 0 Å². The van der Waals surface area contributed by atoms with E-state index in [0.717, 1.165) is 0 Å². The molecule has 1 heteroatoms. The minimum Gasteiger partial charge on any atom is -0.313 e. The summed E-state index contributed by atoms with van der Waals surface area (Å²) < 4.78 is 0. The Morgan fingerprint density at radius 1 is 0.889 bits per heavy atom. The lowest BCUT2D eigenvalue weighted by Crippen LogP contribution is -2.26. The molecule has 1 nitrogen and oxygen atoms in total. The van der Waals surface area contributed by atoms with Gasteiger partial charge in [0.15, 0.2) is 0 Å². The second-order valence-corrected chi connectivity index (χ2v) is 5.48. The molecule has 0 saturated heterocycles. The van der Waals surface area contributed by atoms with E-state index >= 15 is 0 Å². The number of nitrogens with one attached hydrogen (secondary N) is 1. The molecule has 0 aliphatic heterocycles. The van der Waals surface area contributed by atoms with E-state index in [1.807, 2.05) is 0 Å². The van der Waals surface area contributed by atoms with Crippen molar-refractivity contribution in [3.05, 3.63) is 48.0 Å². The first-order valence-electron chi connectivity index (χ1n) is 6.79. The van der Waals surface area contributed by atoms with Gasteiger partial charge in [0, 0.05) is 6.04 Å². The highest BCUT2D eigenvalue weighted by Gasteiger charge is 2.20. The largest absolute Gasteiger partial charge is 0.313 e. The SMILES string of the molecule is CNC(c1ccc2ccccc2c1)C(C)C(C)C. The molecule has 1 N–H and O–H groups in total. The van der Waals surface area contributed by atoms with Crippen LogP contribution in [-0.2, 0) is 0 Å². The van der Waals surface area contributed by atoms with Gasteiger partial charge in [-0.2, -0.15) is 0 Å². The van der Waals surface area contributed by atoms with E-state index in [4.69, 9.17) is 0 Å². The maximum absolute atomic E-state index is 3.46. The lowest BCUT2D eigenvalue weighted by molar-refractivity contribution is 0.317. The number of fused-ring (bicyclic) bond motifs is 1. The zero-order chi connectivity index (χ0) is 13.1. The van der Waals surface area contributed by atoms with Crippen LogP contribution in [0.3, 0.4) is 0 Å². The smallest absolute Gasteiger partial charge is 0.0346 e. The molecule has 0 bridgehead atoms. The summed E-state index contributed by atoms with van der Waals surface area (Å²) in [5.74, 6) is 1.30. The molecule has 0 radical (unpaired) electrons. The molecule has 0 fully saturated rings. The summed E-state index contributed by atoms with van der Waals surface area (Å²) in [6, 6.07) is 15.8. The quantitative estimate of drug-likeness (QED) is 0.837. The van der Waals surface area contributed by atoms with Gasteiger partial charge < -0.3 is 5.32 Å². The summed E-state index contributed by atoms with van der Waals surface area (Å²) >= 11 is 0. The molecule has 2 rings (SSSR count). The van der Waals surface area contributed by atoms with Gasteiger partial charge in [0.05, 0.1) is 0 Å². The maximum atomic E-state index is 3.46. The first-order chi connectivity index (χ1) is 8.63. The standard InChI is InChI=1S/C17H23N/c1-12(2)13(3)17(18-4)16-10-9-14-7-5-6-8-15(14)11-16/h5-13,17-18H,1-4H3. The number of benzene rings is 2. The van der Waals surface area contributed by atoms with E-state index in [2.05, 4.69) is 75.6 Å². The maximum Gasteiger partial charge on any atom is 0.0346 e. The van der Waals surface area contributed by atoms with E-state index in [-0.39, 0.29) is 0 Å². The normalized spacial score (nSPS) is 14.9. The van der Waals surface area contributed by atoms with Crippen LogP contribution in [0, 0.1) is 11.8 Å². The van der Waals surface area contributed by atoms with Crippen LogP contribution in [0.15, 0.2) is 42.5 Å². The highest BCUT2D eigenvalue weighted by atomic mass is 14.9. The second-order valence-electron chi connectivity index (χ2n) is 5.48. The van der Waals surface area contributed by atoms with Gasteiger partial charge in [-0.1, -0.05) is 57.2 Å². The number of hydrogen-bond donors (Lipinski definition) is 1. The zero-order valence-corrected chi connectivity index (χ0v) is 11.8. The average Bonchev–Trinajstić information content (AvgIpc) is 2.39. The predicted molar refractivity (Wildman–Crippen MR) is 79.8 cm³/mol. The summed E-state index contributed by atoms with van der Waals surface area (Å²) in [5, 5.41) is 6.10. The van der Waals surface area contributed by atoms with Crippen LogP contribution in [0.5, 0.6) is 0 Å². The van der Waals surface area contributed by atoms with Crippen LogP contribution in [0.1, 0.15) is 32.4 Å². The van der Waals surface area contributed by atoms with Gasteiger partial charge in [0.1, 0.15) is 0 Å². The van der Waals surface area contributed by atoms with Gasteiger partial charge in [0.25, 0.3) is 0 Å². The molecule has 96 valence electrons.